The number of aliphatic carboxylic acids is 1. The molecule has 3 N–H and O–H groups in total. The van der Waals surface area contributed by atoms with Gasteiger partial charge in [0.05, 0.1) is 18.8 Å². The van der Waals surface area contributed by atoms with E-state index in [0.29, 0.717) is 6.61 Å². The summed E-state index contributed by atoms with van der Waals surface area (Å²) in [5, 5.41) is 14.6. The van der Waals surface area contributed by atoms with Crippen molar-refractivity contribution in [2.45, 2.75) is 50.8 Å². The Morgan fingerprint density at radius 2 is 1.49 bits per heavy atom. The van der Waals surface area contributed by atoms with Gasteiger partial charge in [0, 0.05) is 12.3 Å². The van der Waals surface area contributed by atoms with Crippen molar-refractivity contribution in [1.82, 2.24) is 10.6 Å². The van der Waals surface area contributed by atoms with Crippen LogP contribution in [-0.4, -0.2) is 47.9 Å². The number of ether oxygens (including phenoxy) is 2. The number of hydrogen-bond donors (Lipinski definition) is 3. The monoisotopic (exact) mass is 530 g/mol. The molecule has 0 bridgehead atoms. The van der Waals surface area contributed by atoms with Crippen LogP contribution in [0.5, 0.6) is 0 Å². The topological polar surface area (TPSA) is 114 Å². The number of alkyl carbamates (subject to hydrolysis) is 1. The molecule has 204 valence electrons. The molecular weight excluding hydrogens is 496 g/mol. The molecule has 1 atom stereocenters. The zero-order valence-electron chi connectivity index (χ0n) is 22.2. The van der Waals surface area contributed by atoms with Crippen LogP contribution in [0.4, 0.5) is 4.79 Å². The van der Waals surface area contributed by atoms with Gasteiger partial charge in [-0.15, -0.1) is 0 Å². The number of hydrogen-bond acceptors (Lipinski definition) is 5. The maximum absolute atomic E-state index is 13.1. The fourth-order valence-electron chi connectivity index (χ4n) is 4.77. The third-order valence-corrected chi connectivity index (χ3v) is 6.64. The van der Waals surface area contributed by atoms with Crippen LogP contribution in [-0.2, 0) is 25.7 Å². The van der Waals surface area contributed by atoms with Crippen LogP contribution in [0.15, 0.2) is 78.9 Å². The lowest BCUT2D eigenvalue weighted by Crippen LogP contribution is -2.55. The fourth-order valence-corrected chi connectivity index (χ4v) is 4.77. The van der Waals surface area contributed by atoms with Gasteiger partial charge in [-0.25, -0.2) is 4.79 Å². The molecule has 39 heavy (non-hydrogen) atoms. The van der Waals surface area contributed by atoms with Crippen LogP contribution >= 0.6 is 0 Å². The second kappa shape index (κ2) is 12.6. The van der Waals surface area contributed by atoms with E-state index in [4.69, 9.17) is 9.47 Å². The first-order valence-electron chi connectivity index (χ1n) is 13.0. The number of carbonyl (C=O) groups is 3. The number of carboxylic acids is 1. The molecule has 1 aliphatic carbocycles. The standard InChI is InChI=1S/C31H34N2O6/c1-31(2,20-38-18-21-10-4-3-5-11-21)33-29(36)27(16-17-28(34)35)32-30(37)39-19-26-24-14-8-6-12-22(24)23-13-7-9-15-25(23)26/h3-15,26-27H,16-20H2,1-2H3,(H,32,37)(H,33,36)(H,34,35). The van der Waals surface area contributed by atoms with Crippen molar-refractivity contribution in [2.75, 3.05) is 13.2 Å². The lowest BCUT2D eigenvalue weighted by atomic mass is 9.98. The van der Waals surface area contributed by atoms with Crippen LogP contribution in [0.25, 0.3) is 11.1 Å². The Labute approximate surface area is 228 Å². The molecule has 8 nitrogen and oxygen atoms in total. The summed E-state index contributed by atoms with van der Waals surface area (Å²) in [5.41, 5.74) is 4.62. The molecule has 0 spiro atoms. The normalized spacial score (nSPS) is 13.2. The first-order valence-corrected chi connectivity index (χ1v) is 13.0. The summed E-state index contributed by atoms with van der Waals surface area (Å²) >= 11 is 0. The Morgan fingerprint density at radius 1 is 0.897 bits per heavy atom. The fraction of sp³-hybridized carbons (Fsp3) is 0.323. The SMILES string of the molecule is CC(C)(COCc1ccccc1)NC(=O)C(CCC(=O)O)NC(=O)OCC1c2ccccc2-c2ccccc21. The highest BCUT2D eigenvalue weighted by Gasteiger charge is 2.31. The van der Waals surface area contributed by atoms with Crippen LogP contribution in [0, 0.1) is 0 Å². The summed E-state index contributed by atoms with van der Waals surface area (Å²) in [6.07, 6.45) is -1.14. The molecule has 4 rings (SSSR count). The van der Waals surface area contributed by atoms with E-state index in [1.165, 1.54) is 0 Å². The van der Waals surface area contributed by atoms with Gasteiger partial charge in [0.15, 0.2) is 0 Å². The molecule has 0 radical (unpaired) electrons. The Balaban J connectivity index is 1.35. The van der Waals surface area contributed by atoms with E-state index in [2.05, 4.69) is 10.6 Å². The van der Waals surface area contributed by atoms with Crippen LogP contribution < -0.4 is 10.6 Å². The van der Waals surface area contributed by atoms with Crippen molar-refractivity contribution in [1.29, 1.82) is 0 Å². The first-order chi connectivity index (χ1) is 18.7. The zero-order valence-corrected chi connectivity index (χ0v) is 22.2. The van der Waals surface area contributed by atoms with E-state index < -0.39 is 29.6 Å². The number of benzene rings is 3. The highest BCUT2D eigenvalue weighted by Crippen LogP contribution is 2.44. The van der Waals surface area contributed by atoms with Gasteiger partial charge in [0.1, 0.15) is 12.6 Å². The van der Waals surface area contributed by atoms with E-state index >= 15 is 0 Å². The van der Waals surface area contributed by atoms with E-state index in [0.717, 1.165) is 27.8 Å². The summed E-state index contributed by atoms with van der Waals surface area (Å²) in [5.74, 6) is -1.69. The molecule has 0 saturated heterocycles. The van der Waals surface area contributed by atoms with Crippen molar-refractivity contribution in [3.05, 3.63) is 95.6 Å². The van der Waals surface area contributed by atoms with Crippen molar-refractivity contribution < 1.29 is 29.0 Å². The van der Waals surface area contributed by atoms with Gasteiger partial charge in [-0.1, -0.05) is 78.9 Å². The molecule has 2 amide bonds. The molecule has 3 aromatic carbocycles. The summed E-state index contributed by atoms with van der Waals surface area (Å²) in [4.78, 5) is 37.1. The molecular formula is C31H34N2O6. The number of carboxylic acid groups (broad SMARTS) is 1. The Morgan fingerprint density at radius 3 is 2.10 bits per heavy atom. The molecule has 0 saturated carbocycles. The molecule has 1 unspecified atom stereocenters. The maximum Gasteiger partial charge on any atom is 0.407 e. The van der Waals surface area contributed by atoms with E-state index in [9.17, 15) is 19.5 Å². The van der Waals surface area contributed by atoms with Crippen molar-refractivity contribution in [3.63, 3.8) is 0 Å². The van der Waals surface area contributed by atoms with Gasteiger partial charge >= 0.3 is 12.1 Å². The van der Waals surface area contributed by atoms with Gasteiger partial charge in [-0.3, -0.25) is 9.59 Å². The molecule has 0 aromatic heterocycles. The number of nitrogens with one attached hydrogen (secondary N) is 2. The minimum Gasteiger partial charge on any atom is -0.481 e. The van der Waals surface area contributed by atoms with Gasteiger partial charge < -0.3 is 25.2 Å². The van der Waals surface area contributed by atoms with Crippen molar-refractivity contribution >= 4 is 18.0 Å². The van der Waals surface area contributed by atoms with Gasteiger partial charge in [0.2, 0.25) is 5.91 Å². The third-order valence-electron chi connectivity index (χ3n) is 6.64. The van der Waals surface area contributed by atoms with E-state index in [1.54, 1.807) is 13.8 Å². The summed E-state index contributed by atoms with van der Waals surface area (Å²) in [6.45, 7) is 4.31. The number of fused-ring (bicyclic) bond motifs is 3. The lowest BCUT2D eigenvalue weighted by molar-refractivity contribution is -0.137. The Hall–Kier alpha value is -4.17. The molecule has 0 fully saturated rings. The second-order valence-electron chi connectivity index (χ2n) is 10.3. The highest BCUT2D eigenvalue weighted by molar-refractivity contribution is 5.86. The lowest BCUT2D eigenvalue weighted by Gasteiger charge is -2.29. The van der Waals surface area contributed by atoms with Gasteiger partial charge in [-0.05, 0) is 48.1 Å². The first kappa shape index (κ1) is 27.9. The largest absolute Gasteiger partial charge is 0.481 e. The summed E-state index contributed by atoms with van der Waals surface area (Å²) < 4.78 is 11.3. The molecule has 0 aliphatic heterocycles. The van der Waals surface area contributed by atoms with Crippen LogP contribution in [0.2, 0.25) is 0 Å². The second-order valence-corrected chi connectivity index (χ2v) is 10.3. The van der Waals surface area contributed by atoms with Gasteiger partial charge in [0.25, 0.3) is 0 Å². The quantitative estimate of drug-likeness (QED) is 0.308. The number of carbonyl (C=O) groups excluding carboxylic acids is 2. The Bertz CT molecular complexity index is 1260. The molecule has 1 aliphatic rings. The maximum atomic E-state index is 13.1. The van der Waals surface area contributed by atoms with Crippen molar-refractivity contribution in [3.8, 4) is 11.1 Å². The molecule has 8 heteroatoms. The highest BCUT2D eigenvalue weighted by atomic mass is 16.5. The van der Waals surface area contributed by atoms with E-state index in [-0.39, 0.29) is 32.0 Å². The number of amides is 2. The van der Waals surface area contributed by atoms with Crippen molar-refractivity contribution in [2.24, 2.45) is 0 Å². The zero-order chi connectivity index (χ0) is 27.8. The average Bonchev–Trinajstić information content (AvgIpc) is 3.23. The minimum atomic E-state index is -1.08. The van der Waals surface area contributed by atoms with Crippen LogP contribution in [0.3, 0.4) is 0 Å². The summed E-state index contributed by atoms with van der Waals surface area (Å²) in [7, 11) is 0. The minimum absolute atomic E-state index is 0.0771. The smallest absolute Gasteiger partial charge is 0.407 e. The molecule has 3 aromatic rings. The predicted octanol–water partition coefficient (Wildman–Crippen LogP) is 4.87. The third kappa shape index (κ3) is 7.45. The van der Waals surface area contributed by atoms with Gasteiger partial charge in [-0.2, -0.15) is 0 Å². The molecule has 0 heterocycles. The van der Waals surface area contributed by atoms with Crippen LogP contribution in [0.1, 0.15) is 49.3 Å². The average molecular weight is 531 g/mol. The Kier molecular flexibility index (Phi) is 8.99. The number of rotatable bonds is 12. The summed E-state index contributed by atoms with van der Waals surface area (Å²) in [6, 6.07) is 24.6. The predicted molar refractivity (Wildman–Crippen MR) is 147 cm³/mol. The van der Waals surface area contributed by atoms with E-state index in [1.807, 2.05) is 78.9 Å².